The summed E-state index contributed by atoms with van der Waals surface area (Å²) in [6, 6.07) is 3.56. The van der Waals surface area contributed by atoms with E-state index in [-0.39, 0.29) is 0 Å². The number of ether oxygens (including phenoxy) is 1. The van der Waals surface area contributed by atoms with Gasteiger partial charge in [0.05, 0.1) is 10.7 Å². The lowest BCUT2D eigenvalue weighted by molar-refractivity contribution is 0.347. The first-order chi connectivity index (χ1) is 7.77. The van der Waals surface area contributed by atoms with E-state index in [1.807, 2.05) is 0 Å². The summed E-state index contributed by atoms with van der Waals surface area (Å²) in [5, 5.41) is 3.91. The van der Waals surface area contributed by atoms with Crippen LogP contribution in [0, 0.1) is 0 Å². The lowest BCUT2D eigenvalue weighted by Crippen LogP contribution is -2.15. The number of nitrogens with zero attached hydrogens (tertiary/aromatic N) is 1. The summed E-state index contributed by atoms with van der Waals surface area (Å²) >= 11 is 6.03. The van der Waals surface area contributed by atoms with Crippen LogP contribution in [0.3, 0.4) is 0 Å². The number of nitrogens with one attached hydrogen (secondary N) is 1. The summed E-state index contributed by atoms with van der Waals surface area (Å²) in [4.78, 5) is 4.32. The van der Waals surface area contributed by atoms with E-state index in [4.69, 9.17) is 16.3 Å². The van der Waals surface area contributed by atoms with Gasteiger partial charge in [0, 0.05) is 12.6 Å². The monoisotopic (exact) mass is 240 g/mol. The minimum atomic E-state index is 0.455. The van der Waals surface area contributed by atoms with Crippen molar-refractivity contribution in [2.24, 2.45) is 0 Å². The number of hydrogen-bond acceptors (Lipinski definition) is 3. The molecule has 1 aromatic heterocycles. The number of aromatic nitrogens is 1. The van der Waals surface area contributed by atoms with Crippen molar-refractivity contribution in [1.29, 1.82) is 0 Å². The predicted molar refractivity (Wildman–Crippen MR) is 66.9 cm³/mol. The van der Waals surface area contributed by atoms with Crippen LogP contribution in [0.2, 0.25) is 5.02 Å². The largest absolute Gasteiger partial charge is 0.473 e. The van der Waals surface area contributed by atoms with Crippen LogP contribution in [0.5, 0.6) is 5.88 Å². The van der Waals surface area contributed by atoms with Gasteiger partial charge in [0.15, 0.2) is 0 Å². The molecular formula is C12H17ClN2O. The highest BCUT2D eigenvalue weighted by molar-refractivity contribution is 6.31. The Morgan fingerprint density at radius 2 is 2.38 bits per heavy atom. The number of halogens is 1. The Morgan fingerprint density at radius 3 is 3.06 bits per heavy atom. The zero-order valence-electron chi connectivity index (χ0n) is 9.50. The van der Waals surface area contributed by atoms with Crippen molar-refractivity contribution in [1.82, 2.24) is 10.3 Å². The molecule has 16 heavy (non-hydrogen) atoms. The van der Waals surface area contributed by atoms with E-state index in [9.17, 15) is 0 Å². The van der Waals surface area contributed by atoms with Crippen LogP contribution in [-0.2, 0) is 6.54 Å². The Balaban J connectivity index is 2.62. The van der Waals surface area contributed by atoms with Gasteiger partial charge in [-0.05, 0) is 19.0 Å². The van der Waals surface area contributed by atoms with E-state index in [0.717, 1.165) is 18.7 Å². The van der Waals surface area contributed by atoms with Gasteiger partial charge in [0.25, 0.3) is 0 Å². The van der Waals surface area contributed by atoms with Crippen LogP contribution in [0.25, 0.3) is 0 Å². The molecule has 88 valence electrons. The molecular weight excluding hydrogens is 224 g/mol. The second-order valence-corrected chi connectivity index (χ2v) is 3.76. The Hall–Kier alpha value is -1.06. The Morgan fingerprint density at radius 1 is 1.56 bits per heavy atom. The molecule has 0 aliphatic carbocycles. The standard InChI is InChI=1S/C12H17ClN2O/c1-3-7-14-9-11-10(13)5-6-12(15-11)16-8-4-2/h4-6,14H,2-3,7-9H2,1H3. The van der Waals surface area contributed by atoms with Crippen LogP contribution in [0.1, 0.15) is 19.0 Å². The Kier molecular flexibility index (Phi) is 5.90. The SMILES string of the molecule is C=CCOc1ccc(Cl)c(CNCCC)n1. The summed E-state index contributed by atoms with van der Waals surface area (Å²) in [5.41, 5.74) is 0.816. The van der Waals surface area contributed by atoms with Crippen LogP contribution in [0.4, 0.5) is 0 Å². The maximum absolute atomic E-state index is 6.03. The minimum absolute atomic E-state index is 0.455. The van der Waals surface area contributed by atoms with Crippen molar-refractivity contribution < 1.29 is 4.74 Å². The Labute approximate surface area is 101 Å². The lowest BCUT2D eigenvalue weighted by Gasteiger charge is -2.07. The van der Waals surface area contributed by atoms with Crippen molar-refractivity contribution in [3.8, 4) is 5.88 Å². The van der Waals surface area contributed by atoms with E-state index in [1.165, 1.54) is 0 Å². The number of pyridine rings is 1. The third kappa shape index (κ3) is 4.21. The first kappa shape index (κ1) is 13.0. The molecule has 0 fully saturated rings. The molecule has 0 unspecified atom stereocenters. The normalized spacial score (nSPS) is 10.1. The zero-order chi connectivity index (χ0) is 11.8. The van der Waals surface area contributed by atoms with E-state index in [0.29, 0.717) is 24.1 Å². The molecule has 1 rings (SSSR count). The van der Waals surface area contributed by atoms with Crippen molar-refractivity contribution in [2.75, 3.05) is 13.2 Å². The third-order valence-corrected chi connectivity index (χ3v) is 2.31. The summed E-state index contributed by atoms with van der Waals surface area (Å²) in [7, 11) is 0. The van der Waals surface area contributed by atoms with Crippen LogP contribution in [-0.4, -0.2) is 18.1 Å². The zero-order valence-corrected chi connectivity index (χ0v) is 10.3. The van der Waals surface area contributed by atoms with Crippen molar-refractivity contribution in [3.63, 3.8) is 0 Å². The van der Waals surface area contributed by atoms with Gasteiger partial charge in [-0.15, -0.1) is 0 Å². The van der Waals surface area contributed by atoms with Gasteiger partial charge in [0.1, 0.15) is 6.61 Å². The van der Waals surface area contributed by atoms with Gasteiger partial charge < -0.3 is 10.1 Å². The fourth-order valence-corrected chi connectivity index (χ4v) is 1.37. The summed E-state index contributed by atoms with van der Waals surface area (Å²) in [6.07, 6.45) is 2.77. The average molecular weight is 241 g/mol. The summed E-state index contributed by atoms with van der Waals surface area (Å²) in [5.74, 6) is 0.581. The molecule has 1 N–H and O–H groups in total. The fourth-order valence-electron chi connectivity index (χ4n) is 1.20. The smallest absolute Gasteiger partial charge is 0.213 e. The van der Waals surface area contributed by atoms with Gasteiger partial charge in [-0.2, -0.15) is 0 Å². The molecule has 0 spiro atoms. The van der Waals surface area contributed by atoms with Crippen molar-refractivity contribution in [3.05, 3.63) is 35.5 Å². The fraction of sp³-hybridized carbons (Fsp3) is 0.417. The van der Waals surface area contributed by atoms with E-state index >= 15 is 0 Å². The molecule has 4 heteroatoms. The highest BCUT2D eigenvalue weighted by atomic mass is 35.5. The summed E-state index contributed by atoms with van der Waals surface area (Å²) < 4.78 is 5.34. The molecule has 0 amide bonds. The van der Waals surface area contributed by atoms with E-state index < -0.39 is 0 Å². The molecule has 0 aromatic carbocycles. The molecule has 0 aliphatic heterocycles. The van der Waals surface area contributed by atoms with Gasteiger partial charge in [-0.1, -0.05) is 31.2 Å². The van der Waals surface area contributed by atoms with E-state index in [1.54, 1.807) is 18.2 Å². The van der Waals surface area contributed by atoms with Crippen LogP contribution >= 0.6 is 11.6 Å². The highest BCUT2D eigenvalue weighted by Gasteiger charge is 2.03. The van der Waals surface area contributed by atoms with Gasteiger partial charge >= 0.3 is 0 Å². The average Bonchev–Trinajstić information content (AvgIpc) is 2.30. The second-order valence-electron chi connectivity index (χ2n) is 3.35. The maximum Gasteiger partial charge on any atom is 0.213 e. The lowest BCUT2D eigenvalue weighted by atomic mass is 10.3. The second kappa shape index (κ2) is 7.25. The topological polar surface area (TPSA) is 34.1 Å². The minimum Gasteiger partial charge on any atom is -0.473 e. The molecule has 0 bridgehead atoms. The van der Waals surface area contributed by atoms with Gasteiger partial charge in [0.2, 0.25) is 5.88 Å². The van der Waals surface area contributed by atoms with Crippen LogP contribution < -0.4 is 10.1 Å². The molecule has 0 aliphatic rings. The molecule has 3 nitrogen and oxygen atoms in total. The molecule has 0 radical (unpaired) electrons. The van der Waals surface area contributed by atoms with Gasteiger partial charge in [-0.3, -0.25) is 0 Å². The predicted octanol–water partition coefficient (Wildman–Crippen LogP) is 2.80. The molecule has 1 heterocycles. The number of rotatable bonds is 7. The molecule has 1 aromatic rings. The van der Waals surface area contributed by atoms with Gasteiger partial charge in [-0.25, -0.2) is 4.98 Å². The maximum atomic E-state index is 6.03. The first-order valence-electron chi connectivity index (χ1n) is 5.37. The molecule has 0 atom stereocenters. The molecule has 0 saturated carbocycles. The van der Waals surface area contributed by atoms with Crippen molar-refractivity contribution >= 4 is 11.6 Å². The Bertz CT molecular complexity index is 342. The highest BCUT2D eigenvalue weighted by Crippen LogP contribution is 2.17. The quantitative estimate of drug-likeness (QED) is 0.588. The summed E-state index contributed by atoms with van der Waals surface area (Å²) in [6.45, 7) is 7.78. The van der Waals surface area contributed by atoms with E-state index in [2.05, 4.69) is 23.8 Å². The third-order valence-electron chi connectivity index (χ3n) is 1.96. The van der Waals surface area contributed by atoms with Crippen LogP contribution in [0.15, 0.2) is 24.8 Å². The first-order valence-corrected chi connectivity index (χ1v) is 5.75. The van der Waals surface area contributed by atoms with Crippen molar-refractivity contribution in [2.45, 2.75) is 19.9 Å². The molecule has 0 saturated heterocycles. The number of hydrogen-bond donors (Lipinski definition) is 1.